The van der Waals surface area contributed by atoms with Crippen LogP contribution in [0.25, 0.3) is 22.2 Å². The van der Waals surface area contributed by atoms with Crippen molar-refractivity contribution in [1.82, 2.24) is 10.2 Å². The van der Waals surface area contributed by atoms with Crippen LogP contribution in [0.1, 0.15) is 13.3 Å². The molecule has 0 amide bonds. The number of aromatic amines is 1. The molecule has 20 heavy (non-hydrogen) atoms. The van der Waals surface area contributed by atoms with Crippen LogP contribution in [0, 0.1) is 0 Å². The van der Waals surface area contributed by atoms with Gasteiger partial charge in [0.05, 0.1) is 12.1 Å². The zero-order valence-corrected chi connectivity index (χ0v) is 11.9. The van der Waals surface area contributed by atoms with Gasteiger partial charge in [0.1, 0.15) is 11.4 Å². The van der Waals surface area contributed by atoms with Gasteiger partial charge in [0, 0.05) is 16.0 Å². The van der Waals surface area contributed by atoms with E-state index in [2.05, 4.69) is 17.1 Å². The van der Waals surface area contributed by atoms with Crippen molar-refractivity contribution in [1.29, 1.82) is 0 Å². The van der Waals surface area contributed by atoms with Crippen molar-refractivity contribution in [3.8, 4) is 17.0 Å². The lowest BCUT2D eigenvalue weighted by Gasteiger charge is -2.10. The van der Waals surface area contributed by atoms with Gasteiger partial charge in [0.2, 0.25) is 0 Å². The molecule has 3 nitrogen and oxygen atoms in total. The molecule has 0 atom stereocenters. The van der Waals surface area contributed by atoms with Crippen molar-refractivity contribution in [3.63, 3.8) is 0 Å². The molecule has 102 valence electrons. The zero-order valence-electron chi connectivity index (χ0n) is 11.2. The normalized spacial score (nSPS) is 10.9. The van der Waals surface area contributed by atoms with Crippen LogP contribution in [0.15, 0.2) is 42.5 Å². The van der Waals surface area contributed by atoms with Gasteiger partial charge >= 0.3 is 0 Å². The third-order valence-electron chi connectivity index (χ3n) is 3.13. The number of benzene rings is 2. The van der Waals surface area contributed by atoms with Crippen LogP contribution in [0.5, 0.6) is 5.75 Å². The second-order valence-electron chi connectivity index (χ2n) is 4.61. The second kappa shape index (κ2) is 5.55. The minimum atomic E-state index is 0.677. The first-order chi connectivity index (χ1) is 9.79. The maximum atomic E-state index is 6.13. The number of fused-ring (bicyclic) bond motifs is 1. The number of aromatic nitrogens is 2. The molecule has 1 heterocycles. The number of nitrogens with zero attached hydrogens (tertiary/aromatic N) is 1. The predicted octanol–water partition coefficient (Wildman–Crippen LogP) is 4.67. The molecule has 0 aliphatic heterocycles. The molecule has 3 rings (SSSR count). The Morgan fingerprint density at radius 3 is 2.90 bits per heavy atom. The van der Waals surface area contributed by atoms with Gasteiger partial charge < -0.3 is 4.74 Å². The molecule has 0 aliphatic rings. The molecular formula is C16H15ClN2O. The highest BCUT2D eigenvalue weighted by molar-refractivity contribution is 6.31. The molecular weight excluding hydrogens is 272 g/mol. The Morgan fingerprint density at radius 1 is 1.20 bits per heavy atom. The highest BCUT2D eigenvalue weighted by atomic mass is 35.5. The summed E-state index contributed by atoms with van der Waals surface area (Å²) in [4.78, 5) is 0. The van der Waals surface area contributed by atoms with Crippen LogP contribution in [0.2, 0.25) is 5.02 Å². The Hall–Kier alpha value is -2.00. The van der Waals surface area contributed by atoms with Crippen LogP contribution in [0.4, 0.5) is 0 Å². The summed E-state index contributed by atoms with van der Waals surface area (Å²) in [5.74, 6) is 0.813. The fourth-order valence-corrected chi connectivity index (χ4v) is 2.37. The molecule has 0 spiro atoms. The number of halogens is 1. The van der Waals surface area contributed by atoms with E-state index in [1.807, 2.05) is 42.5 Å². The van der Waals surface area contributed by atoms with Gasteiger partial charge in [-0.1, -0.05) is 36.7 Å². The monoisotopic (exact) mass is 286 g/mol. The van der Waals surface area contributed by atoms with Crippen molar-refractivity contribution < 1.29 is 4.74 Å². The molecule has 2 aromatic carbocycles. The van der Waals surface area contributed by atoms with E-state index in [-0.39, 0.29) is 0 Å². The second-order valence-corrected chi connectivity index (χ2v) is 5.04. The summed E-state index contributed by atoms with van der Waals surface area (Å²) in [5.41, 5.74) is 2.79. The van der Waals surface area contributed by atoms with Crippen molar-refractivity contribution in [2.45, 2.75) is 13.3 Å². The zero-order chi connectivity index (χ0) is 13.9. The van der Waals surface area contributed by atoms with E-state index in [0.717, 1.165) is 34.3 Å². The summed E-state index contributed by atoms with van der Waals surface area (Å²) in [6.07, 6.45) is 0.962. The van der Waals surface area contributed by atoms with Gasteiger partial charge in [0.15, 0.2) is 0 Å². The van der Waals surface area contributed by atoms with Gasteiger partial charge in [-0.05, 0) is 30.7 Å². The average Bonchev–Trinajstić information content (AvgIpc) is 2.90. The van der Waals surface area contributed by atoms with E-state index >= 15 is 0 Å². The highest BCUT2D eigenvalue weighted by Crippen LogP contribution is 2.35. The first kappa shape index (κ1) is 13.0. The third kappa shape index (κ3) is 2.37. The fourth-order valence-electron chi connectivity index (χ4n) is 2.19. The molecule has 0 unspecified atom stereocenters. The van der Waals surface area contributed by atoms with Crippen LogP contribution >= 0.6 is 11.6 Å². The number of para-hydroxylation sites is 1. The number of H-pyrrole nitrogens is 1. The summed E-state index contributed by atoms with van der Waals surface area (Å²) in [6.45, 7) is 2.76. The predicted molar refractivity (Wildman–Crippen MR) is 82.3 cm³/mol. The lowest BCUT2D eigenvalue weighted by atomic mass is 10.1. The quantitative estimate of drug-likeness (QED) is 0.756. The van der Waals surface area contributed by atoms with Crippen molar-refractivity contribution in [2.75, 3.05) is 6.61 Å². The molecule has 0 saturated heterocycles. The average molecular weight is 287 g/mol. The molecule has 4 heteroatoms. The highest BCUT2D eigenvalue weighted by Gasteiger charge is 2.13. The van der Waals surface area contributed by atoms with Crippen molar-refractivity contribution >= 4 is 22.5 Å². The summed E-state index contributed by atoms with van der Waals surface area (Å²) < 4.78 is 5.80. The molecule has 0 radical (unpaired) electrons. The van der Waals surface area contributed by atoms with E-state index in [4.69, 9.17) is 16.3 Å². The standard InChI is InChI=1S/C16H15ClN2O/c1-2-9-20-15-8-7-11(17)10-13(15)16-12-5-3-4-6-14(12)18-19-16/h3-8,10H,2,9H2,1H3,(H,18,19). The molecule has 0 bridgehead atoms. The summed E-state index contributed by atoms with van der Waals surface area (Å²) in [5, 5.41) is 9.20. The van der Waals surface area contributed by atoms with Crippen LogP contribution in [-0.4, -0.2) is 16.8 Å². The summed E-state index contributed by atoms with van der Waals surface area (Å²) in [6, 6.07) is 13.7. The third-order valence-corrected chi connectivity index (χ3v) is 3.36. The molecule has 0 saturated carbocycles. The Balaban J connectivity index is 2.14. The number of hydrogen-bond donors (Lipinski definition) is 1. The number of hydrogen-bond acceptors (Lipinski definition) is 2. The number of nitrogens with one attached hydrogen (secondary N) is 1. The Bertz CT molecular complexity index is 736. The SMILES string of the molecule is CCCOc1ccc(Cl)cc1-c1n[nH]c2ccccc12. The first-order valence-corrected chi connectivity index (χ1v) is 7.03. The molecule has 1 aromatic heterocycles. The Kier molecular flexibility index (Phi) is 3.61. The van der Waals surface area contributed by atoms with Gasteiger partial charge in [-0.2, -0.15) is 5.10 Å². The first-order valence-electron chi connectivity index (χ1n) is 6.65. The van der Waals surface area contributed by atoms with Crippen LogP contribution in [0.3, 0.4) is 0 Å². The minimum absolute atomic E-state index is 0.677. The Morgan fingerprint density at radius 2 is 2.05 bits per heavy atom. The van der Waals surface area contributed by atoms with Gasteiger partial charge in [-0.25, -0.2) is 0 Å². The van der Waals surface area contributed by atoms with E-state index in [1.165, 1.54) is 0 Å². The van der Waals surface area contributed by atoms with Crippen molar-refractivity contribution in [3.05, 3.63) is 47.5 Å². The summed E-state index contributed by atoms with van der Waals surface area (Å²) in [7, 11) is 0. The van der Waals surface area contributed by atoms with Crippen LogP contribution < -0.4 is 4.74 Å². The lowest BCUT2D eigenvalue weighted by molar-refractivity contribution is 0.318. The minimum Gasteiger partial charge on any atom is -0.493 e. The number of rotatable bonds is 4. The van der Waals surface area contributed by atoms with E-state index in [9.17, 15) is 0 Å². The number of ether oxygens (including phenoxy) is 1. The van der Waals surface area contributed by atoms with Gasteiger partial charge in [-0.15, -0.1) is 0 Å². The topological polar surface area (TPSA) is 37.9 Å². The lowest BCUT2D eigenvalue weighted by Crippen LogP contribution is -1.97. The molecule has 1 N–H and O–H groups in total. The van der Waals surface area contributed by atoms with Crippen molar-refractivity contribution in [2.24, 2.45) is 0 Å². The van der Waals surface area contributed by atoms with Gasteiger partial charge in [0.25, 0.3) is 0 Å². The largest absolute Gasteiger partial charge is 0.493 e. The van der Waals surface area contributed by atoms with E-state index < -0.39 is 0 Å². The molecule has 3 aromatic rings. The maximum Gasteiger partial charge on any atom is 0.128 e. The van der Waals surface area contributed by atoms with E-state index in [0.29, 0.717) is 11.6 Å². The summed E-state index contributed by atoms with van der Waals surface area (Å²) >= 11 is 6.13. The van der Waals surface area contributed by atoms with Gasteiger partial charge in [-0.3, -0.25) is 5.10 Å². The molecule has 0 fully saturated rings. The maximum absolute atomic E-state index is 6.13. The van der Waals surface area contributed by atoms with E-state index in [1.54, 1.807) is 0 Å². The van der Waals surface area contributed by atoms with Crippen LogP contribution in [-0.2, 0) is 0 Å². The fraction of sp³-hybridized carbons (Fsp3) is 0.188. The Labute approximate surface area is 122 Å². The molecule has 0 aliphatic carbocycles. The smallest absolute Gasteiger partial charge is 0.128 e.